The Morgan fingerprint density at radius 3 is 2.64 bits per heavy atom. The summed E-state index contributed by atoms with van der Waals surface area (Å²) in [6, 6.07) is 8.02. The maximum atomic E-state index is 5.73. The minimum absolute atomic E-state index is 0.461. The summed E-state index contributed by atoms with van der Waals surface area (Å²) in [5, 5.41) is 12.2. The lowest BCUT2D eigenvalue weighted by Gasteiger charge is -2.07. The Bertz CT molecular complexity index is 673. The van der Waals surface area contributed by atoms with E-state index >= 15 is 0 Å². The molecule has 3 rings (SSSR count). The fourth-order valence-corrected chi connectivity index (χ4v) is 2.66. The van der Waals surface area contributed by atoms with Gasteiger partial charge < -0.3 is 9.30 Å². The molecule has 0 aliphatic rings. The fraction of sp³-hybridized carbons (Fsp3) is 0.286. The first kappa shape index (κ1) is 14.6. The first-order valence-corrected chi connectivity index (χ1v) is 7.74. The number of hydrogen-bond donors (Lipinski definition) is 0. The molecule has 0 aliphatic heterocycles. The first-order valence-electron chi connectivity index (χ1n) is 6.75. The van der Waals surface area contributed by atoms with Gasteiger partial charge >= 0.3 is 0 Å². The van der Waals surface area contributed by atoms with E-state index in [0.29, 0.717) is 6.61 Å². The molecule has 0 fully saturated rings. The molecule has 7 nitrogen and oxygen atoms in total. The predicted octanol–water partition coefficient (Wildman–Crippen LogP) is 1.81. The van der Waals surface area contributed by atoms with Gasteiger partial charge in [0.2, 0.25) is 5.16 Å². The average molecular weight is 316 g/mol. The second-order valence-electron chi connectivity index (χ2n) is 4.76. The molecule has 0 saturated heterocycles. The van der Waals surface area contributed by atoms with E-state index in [1.54, 1.807) is 22.6 Å². The summed E-state index contributed by atoms with van der Waals surface area (Å²) < 4.78 is 9.34. The molecule has 0 radical (unpaired) electrons. The Labute approximate surface area is 132 Å². The number of tetrazole rings is 1. The third-order valence-electron chi connectivity index (χ3n) is 3.16. The number of nitrogens with zero attached hydrogens (tertiary/aromatic N) is 6. The van der Waals surface area contributed by atoms with Crippen LogP contribution in [0.25, 0.3) is 0 Å². The van der Waals surface area contributed by atoms with E-state index in [1.807, 2.05) is 49.1 Å². The molecule has 0 unspecified atom stereocenters. The molecule has 0 bridgehead atoms. The van der Waals surface area contributed by atoms with E-state index in [0.717, 1.165) is 22.5 Å². The summed E-state index contributed by atoms with van der Waals surface area (Å²) in [4.78, 5) is 4.23. The molecule has 2 heterocycles. The van der Waals surface area contributed by atoms with Crippen LogP contribution in [0.4, 0.5) is 0 Å². The van der Waals surface area contributed by atoms with Crippen LogP contribution in [0.5, 0.6) is 5.75 Å². The zero-order chi connectivity index (χ0) is 15.4. The van der Waals surface area contributed by atoms with E-state index < -0.39 is 0 Å². The Morgan fingerprint density at radius 2 is 2.00 bits per heavy atom. The third-order valence-corrected chi connectivity index (χ3v) is 4.24. The van der Waals surface area contributed by atoms with Crippen LogP contribution in [-0.2, 0) is 26.5 Å². The maximum Gasteiger partial charge on any atom is 0.209 e. The number of aromatic nitrogens is 6. The second kappa shape index (κ2) is 6.61. The van der Waals surface area contributed by atoms with Crippen LogP contribution < -0.4 is 4.74 Å². The van der Waals surface area contributed by atoms with Crippen LogP contribution in [-0.4, -0.2) is 29.8 Å². The Hall–Kier alpha value is -2.35. The summed E-state index contributed by atoms with van der Waals surface area (Å²) in [7, 11) is 3.78. The lowest BCUT2D eigenvalue weighted by Crippen LogP contribution is -2.02. The minimum atomic E-state index is 0.461. The summed E-state index contributed by atoms with van der Waals surface area (Å²) in [5.74, 6) is 2.54. The quantitative estimate of drug-likeness (QED) is 0.646. The van der Waals surface area contributed by atoms with E-state index in [1.165, 1.54) is 5.56 Å². The van der Waals surface area contributed by atoms with Crippen molar-refractivity contribution in [3.8, 4) is 5.75 Å². The highest BCUT2D eigenvalue weighted by atomic mass is 32.2. The van der Waals surface area contributed by atoms with E-state index in [4.69, 9.17) is 4.74 Å². The van der Waals surface area contributed by atoms with Gasteiger partial charge in [-0.3, -0.25) is 0 Å². The van der Waals surface area contributed by atoms with E-state index in [-0.39, 0.29) is 0 Å². The highest BCUT2D eigenvalue weighted by molar-refractivity contribution is 7.98. The summed E-state index contributed by atoms with van der Waals surface area (Å²) in [5.41, 5.74) is 1.19. The number of aryl methyl sites for hydroxylation is 2. The highest BCUT2D eigenvalue weighted by Gasteiger charge is 2.04. The highest BCUT2D eigenvalue weighted by Crippen LogP contribution is 2.21. The smallest absolute Gasteiger partial charge is 0.209 e. The largest absolute Gasteiger partial charge is 0.486 e. The summed E-state index contributed by atoms with van der Waals surface area (Å²) >= 11 is 1.60. The lowest BCUT2D eigenvalue weighted by atomic mass is 10.2. The summed E-state index contributed by atoms with van der Waals surface area (Å²) in [6.07, 6.45) is 3.67. The van der Waals surface area contributed by atoms with Gasteiger partial charge in [-0.05, 0) is 28.1 Å². The molecule has 0 amide bonds. The normalized spacial score (nSPS) is 10.8. The first-order chi connectivity index (χ1) is 10.7. The molecule has 1 aromatic carbocycles. The molecule has 0 saturated carbocycles. The molecular formula is C14H16N6OS. The Morgan fingerprint density at radius 1 is 1.18 bits per heavy atom. The minimum Gasteiger partial charge on any atom is -0.486 e. The van der Waals surface area contributed by atoms with Crippen molar-refractivity contribution < 1.29 is 4.74 Å². The number of ether oxygens (including phenoxy) is 1. The fourth-order valence-electron chi connectivity index (χ4n) is 1.86. The topological polar surface area (TPSA) is 70.7 Å². The molecule has 0 N–H and O–H groups in total. The van der Waals surface area contributed by atoms with E-state index in [9.17, 15) is 0 Å². The van der Waals surface area contributed by atoms with Crippen LogP contribution in [0.1, 0.15) is 11.4 Å². The standard InChI is InChI=1S/C14H16N6OS/c1-19-8-7-15-13(19)9-21-12-5-3-11(4-6-12)10-22-14-16-17-18-20(14)2/h3-8H,9-10H2,1-2H3. The Kier molecular flexibility index (Phi) is 4.38. The molecule has 22 heavy (non-hydrogen) atoms. The van der Waals surface area contributed by atoms with Crippen LogP contribution in [0.15, 0.2) is 41.8 Å². The van der Waals surface area contributed by atoms with E-state index in [2.05, 4.69) is 20.5 Å². The van der Waals surface area contributed by atoms with Crippen molar-refractivity contribution in [2.45, 2.75) is 17.5 Å². The monoisotopic (exact) mass is 316 g/mol. The Balaban J connectivity index is 1.54. The van der Waals surface area contributed by atoms with Gasteiger partial charge in [0, 0.05) is 32.2 Å². The molecule has 114 valence electrons. The van der Waals surface area contributed by atoms with Crippen molar-refractivity contribution in [2.24, 2.45) is 14.1 Å². The zero-order valence-electron chi connectivity index (χ0n) is 12.4. The van der Waals surface area contributed by atoms with Gasteiger partial charge in [-0.1, -0.05) is 23.9 Å². The van der Waals surface area contributed by atoms with Crippen molar-refractivity contribution >= 4 is 11.8 Å². The van der Waals surface area contributed by atoms with Crippen molar-refractivity contribution in [1.82, 2.24) is 29.8 Å². The number of hydrogen-bond acceptors (Lipinski definition) is 6. The average Bonchev–Trinajstić information content (AvgIpc) is 3.12. The number of benzene rings is 1. The molecule has 0 spiro atoms. The SMILES string of the molecule is Cn1ccnc1COc1ccc(CSc2nnnn2C)cc1. The lowest BCUT2D eigenvalue weighted by molar-refractivity contribution is 0.292. The number of imidazole rings is 1. The van der Waals surface area contributed by atoms with Crippen molar-refractivity contribution in [3.05, 3.63) is 48.0 Å². The molecule has 0 aliphatic carbocycles. The van der Waals surface area contributed by atoms with Crippen LogP contribution in [0.2, 0.25) is 0 Å². The van der Waals surface area contributed by atoms with Crippen LogP contribution >= 0.6 is 11.8 Å². The van der Waals surface area contributed by atoms with Crippen LogP contribution in [0, 0.1) is 0 Å². The van der Waals surface area contributed by atoms with Crippen molar-refractivity contribution in [1.29, 1.82) is 0 Å². The van der Waals surface area contributed by atoms with Gasteiger partial charge in [-0.25, -0.2) is 9.67 Å². The maximum absolute atomic E-state index is 5.73. The molecule has 0 atom stereocenters. The predicted molar refractivity (Wildman–Crippen MR) is 82.3 cm³/mol. The van der Waals surface area contributed by atoms with Crippen LogP contribution in [0.3, 0.4) is 0 Å². The van der Waals surface area contributed by atoms with Gasteiger partial charge in [0.1, 0.15) is 18.2 Å². The molecule has 2 aromatic heterocycles. The molecular weight excluding hydrogens is 300 g/mol. The van der Waals surface area contributed by atoms with Gasteiger partial charge in [0.05, 0.1) is 0 Å². The van der Waals surface area contributed by atoms with Crippen molar-refractivity contribution in [2.75, 3.05) is 0 Å². The number of rotatable bonds is 6. The van der Waals surface area contributed by atoms with Crippen molar-refractivity contribution in [3.63, 3.8) is 0 Å². The molecule has 8 heteroatoms. The van der Waals surface area contributed by atoms with Gasteiger partial charge in [-0.15, -0.1) is 5.10 Å². The third kappa shape index (κ3) is 3.45. The molecule has 3 aromatic rings. The number of thioether (sulfide) groups is 1. The summed E-state index contributed by atoms with van der Waals surface area (Å²) in [6.45, 7) is 0.461. The van der Waals surface area contributed by atoms with Gasteiger partial charge in [-0.2, -0.15) is 0 Å². The van der Waals surface area contributed by atoms with Gasteiger partial charge in [0.15, 0.2) is 0 Å². The second-order valence-corrected chi connectivity index (χ2v) is 5.70. The zero-order valence-corrected chi connectivity index (χ0v) is 13.2. The van der Waals surface area contributed by atoms with Gasteiger partial charge in [0.25, 0.3) is 0 Å².